The number of anilines is 1. The Morgan fingerprint density at radius 2 is 2.33 bits per heavy atom. The van der Waals surface area contributed by atoms with Crippen LogP contribution in [0.2, 0.25) is 0 Å². The minimum atomic E-state index is -0.224. The van der Waals surface area contributed by atoms with Crippen molar-refractivity contribution in [1.82, 2.24) is 24.5 Å². The van der Waals surface area contributed by atoms with E-state index in [-0.39, 0.29) is 12.5 Å². The number of amides is 1. The molecule has 1 N–H and O–H groups in total. The van der Waals surface area contributed by atoms with Crippen LogP contribution in [0.5, 0.6) is 0 Å². The number of aryl methyl sites for hydroxylation is 2. The Bertz CT molecular complexity index is 632. The van der Waals surface area contributed by atoms with Gasteiger partial charge in [-0.3, -0.25) is 19.4 Å². The minimum Gasteiger partial charge on any atom is -0.365 e. The molecule has 0 saturated heterocycles. The van der Waals surface area contributed by atoms with Crippen LogP contribution >= 0.6 is 0 Å². The third kappa shape index (κ3) is 3.10. The number of nitrogens with one attached hydrogen (secondary N) is 1. The van der Waals surface area contributed by atoms with Gasteiger partial charge >= 0.3 is 0 Å². The molecule has 3 rings (SSSR count). The number of carbonyl (C=O) groups is 1. The molecule has 1 aliphatic heterocycles. The van der Waals surface area contributed by atoms with Crippen LogP contribution in [0, 0.1) is 0 Å². The average molecular weight is 290 g/mol. The van der Waals surface area contributed by atoms with Gasteiger partial charge < -0.3 is 4.74 Å². The molecule has 2 aromatic heterocycles. The number of hydrogen-bond donors (Lipinski definition) is 1. The molecular weight excluding hydrogens is 272 g/mol. The zero-order chi connectivity index (χ0) is 14.7. The van der Waals surface area contributed by atoms with Gasteiger partial charge in [0, 0.05) is 26.2 Å². The van der Waals surface area contributed by atoms with Gasteiger partial charge in [0.25, 0.3) is 5.91 Å². The lowest BCUT2D eigenvalue weighted by Crippen LogP contribution is -2.22. The Balaban J connectivity index is 1.50. The molecule has 1 amide bonds. The van der Waals surface area contributed by atoms with E-state index in [0.29, 0.717) is 12.6 Å². The Morgan fingerprint density at radius 1 is 1.43 bits per heavy atom. The van der Waals surface area contributed by atoms with E-state index in [1.165, 1.54) is 0 Å². The van der Waals surface area contributed by atoms with Gasteiger partial charge in [0.05, 0.1) is 12.3 Å². The van der Waals surface area contributed by atoms with Crippen LogP contribution in [-0.2, 0) is 36.2 Å². The lowest BCUT2D eigenvalue weighted by molar-refractivity contribution is -0.121. The van der Waals surface area contributed by atoms with Gasteiger partial charge in [0.2, 0.25) is 5.95 Å². The van der Waals surface area contributed by atoms with Crippen molar-refractivity contribution in [1.29, 1.82) is 0 Å². The molecule has 0 atom stereocenters. The first kappa shape index (κ1) is 13.7. The fourth-order valence-corrected chi connectivity index (χ4v) is 2.35. The van der Waals surface area contributed by atoms with E-state index in [9.17, 15) is 4.79 Å². The standard InChI is InChI=1S/C13H18N6O2/c1-18-10(5-6-14-18)8-21-9-12(20)15-13-17-16-11-4-2-3-7-19(11)13/h5-6H,2-4,7-9H2,1H3,(H,15,17,20). The topological polar surface area (TPSA) is 86.9 Å². The van der Waals surface area contributed by atoms with E-state index in [1.807, 2.05) is 17.7 Å². The quantitative estimate of drug-likeness (QED) is 0.866. The predicted octanol–water partition coefficient (Wildman–Crippen LogP) is 0.503. The molecule has 21 heavy (non-hydrogen) atoms. The minimum absolute atomic E-state index is 0.0205. The van der Waals surface area contributed by atoms with Crippen LogP contribution in [-0.4, -0.2) is 37.1 Å². The normalized spacial score (nSPS) is 14.0. The van der Waals surface area contributed by atoms with E-state index in [1.54, 1.807) is 10.9 Å². The van der Waals surface area contributed by atoms with Gasteiger partial charge in [0.15, 0.2) is 0 Å². The summed E-state index contributed by atoms with van der Waals surface area (Å²) >= 11 is 0. The van der Waals surface area contributed by atoms with E-state index in [0.717, 1.165) is 37.3 Å². The molecule has 3 heterocycles. The smallest absolute Gasteiger partial charge is 0.252 e. The van der Waals surface area contributed by atoms with E-state index in [4.69, 9.17) is 4.74 Å². The molecule has 0 saturated carbocycles. The van der Waals surface area contributed by atoms with Crippen molar-refractivity contribution in [2.45, 2.75) is 32.4 Å². The number of hydrogen-bond acceptors (Lipinski definition) is 5. The van der Waals surface area contributed by atoms with Crippen LogP contribution in [0.1, 0.15) is 24.4 Å². The zero-order valence-corrected chi connectivity index (χ0v) is 11.9. The highest BCUT2D eigenvalue weighted by atomic mass is 16.5. The molecule has 8 nitrogen and oxygen atoms in total. The monoisotopic (exact) mass is 290 g/mol. The highest BCUT2D eigenvalue weighted by Gasteiger charge is 2.17. The van der Waals surface area contributed by atoms with Crippen LogP contribution in [0.15, 0.2) is 12.3 Å². The Kier molecular flexibility index (Phi) is 3.96. The second-order valence-corrected chi connectivity index (χ2v) is 5.04. The number of ether oxygens (including phenoxy) is 1. The first-order chi connectivity index (χ1) is 10.2. The fraction of sp³-hybridized carbons (Fsp3) is 0.538. The van der Waals surface area contributed by atoms with Gasteiger partial charge in [-0.15, -0.1) is 10.2 Å². The van der Waals surface area contributed by atoms with E-state index >= 15 is 0 Å². The van der Waals surface area contributed by atoms with Gasteiger partial charge in [-0.05, 0) is 18.9 Å². The molecule has 112 valence electrons. The van der Waals surface area contributed by atoms with Crippen LogP contribution in [0.25, 0.3) is 0 Å². The summed E-state index contributed by atoms with van der Waals surface area (Å²) in [6, 6.07) is 1.85. The number of aromatic nitrogens is 5. The van der Waals surface area contributed by atoms with Crippen molar-refractivity contribution in [2.75, 3.05) is 11.9 Å². The van der Waals surface area contributed by atoms with Crippen molar-refractivity contribution < 1.29 is 9.53 Å². The number of nitrogens with zero attached hydrogens (tertiary/aromatic N) is 5. The summed E-state index contributed by atoms with van der Waals surface area (Å²) in [5.41, 5.74) is 0.919. The molecule has 0 spiro atoms. The molecule has 0 fully saturated rings. The summed E-state index contributed by atoms with van der Waals surface area (Å²) in [6.07, 6.45) is 4.83. The van der Waals surface area contributed by atoms with Crippen molar-refractivity contribution in [3.8, 4) is 0 Å². The van der Waals surface area contributed by atoms with Gasteiger partial charge in [0.1, 0.15) is 12.4 Å². The van der Waals surface area contributed by atoms with Crippen molar-refractivity contribution in [2.24, 2.45) is 7.05 Å². The summed E-state index contributed by atoms with van der Waals surface area (Å²) in [7, 11) is 1.83. The number of fused-ring (bicyclic) bond motifs is 1. The first-order valence-electron chi connectivity index (χ1n) is 7.00. The maximum Gasteiger partial charge on any atom is 0.252 e. The zero-order valence-electron chi connectivity index (χ0n) is 11.9. The molecule has 0 aliphatic carbocycles. The Labute approximate surface area is 122 Å². The van der Waals surface area contributed by atoms with Crippen molar-refractivity contribution in [3.63, 3.8) is 0 Å². The number of rotatable bonds is 5. The van der Waals surface area contributed by atoms with Gasteiger partial charge in [-0.2, -0.15) is 5.10 Å². The van der Waals surface area contributed by atoms with Gasteiger partial charge in [-0.1, -0.05) is 0 Å². The predicted molar refractivity (Wildman–Crippen MR) is 74.5 cm³/mol. The molecule has 0 bridgehead atoms. The molecule has 0 radical (unpaired) electrons. The second-order valence-electron chi connectivity index (χ2n) is 5.04. The largest absolute Gasteiger partial charge is 0.365 e. The number of carbonyl (C=O) groups excluding carboxylic acids is 1. The maximum atomic E-state index is 11.9. The molecule has 0 aromatic carbocycles. The van der Waals surface area contributed by atoms with Crippen molar-refractivity contribution >= 4 is 11.9 Å². The fourth-order valence-electron chi connectivity index (χ4n) is 2.35. The first-order valence-corrected chi connectivity index (χ1v) is 7.00. The van der Waals surface area contributed by atoms with E-state index in [2.05, 4.69) is 20.6 Å². The third-order valence-electron chi connectivity index (χ3n) is 3.52. The summed E-state index contributed by atoms with van der Waals surface area (Å²) in [5, 5.41) is 14.9. The molecule has 8 heteroatoms. The summed E-state index contributed by atoms with van der Waals surface area (Å²) < 4.78 is 9.06. The molecule has 0 unspecified atom stereocenters. The van der Waals surface area contributed by atoms with Crippen molar-refractivity contribution in [3.05, 3.63) is 23.8 Å². The third-order valence-corrected chi connectivity index (χ3v) is 3.52. The van der Waals surface area contributed by atoms with Gasteiger partial charge in [-0.25, -0.2) is 0 Å². The van der Waals surface area contributed by atoms with E-state index < -0.39 is 0 Å². The summed E-state index contributed by atoms with van der Waals surface area (Å²) in [6.45, 7) is 1.18. The second kappa shape index (κ2) is 6.04. The lowest BCUT2D eigenvalue weighted by atomic mass is 10.2. The Morgan fingerprint density at radius 3 is 3.14 bits per heavy atom. The molecule has 2 aromatic rings. The lowest BCUT2D eigenvalue weighted by Gasteiger charge is -2.14. The SMILES string of the molecule is Cn1nccc1COCC(=O)Nc1nnc2n1CCCC2. The molecule has 1 aliphatic rings. The van der Waals surface area contributed by atoms with Crippen LogP contribution in [0.3, 0.4) is 0 Å². The van der Waals surface area contributed by atoms with Crippen LogP contribution in [0.4, 0.5) is 5.95 Å². The average Bonchev–Trinajstić information content (AvgIpc) is 3.07. The molecular formula is C13H18N6O2. The highest BCUT2D eigenvalue weighted by molar-refractivity contribution is 5.90. The Hall–Kier alpha value is -2.22. The maximum absolute atomic E-state index is 11.9. The summed E-state index contributed by atoms with van der Waals surface area (Å²) in [5.74, 6) is 1.23. The highest BCUT2D eigenvalue weighted by Crippen LogP contribution is 2.16. The van der Waals surface area contributed by atoms with Crippen LogP contribution < -0.4 is 5.32 Å². The summed E-state index contributed by atoms with van der Waals surface area (Å²) in [4.78, 5) is 11.9.